The van der Waals surface area contributed by atoms with Gasteiger partial charge in [-0.15, -0.1) is 0 Å². The molecule has 25 heavy (non-hydrogen) atoms. The molecule has 0 radical (unpaired) electrons. The predicted octanol–water partition coefficient (Wildman–Crippen LogP) is 4.24. The third kappa shape index (κ3) is 3.24. The minimum atomic E-state index is -4.78. The number of fused-ring (bicyclic) bond motifs is 1. The number of hydrogen-bond donors (Lipinski definition) is 0. The van der Waals surface area contributed by atoms with Crippen molar-refractivity contribution in [2.75, 3.05) is 0 Å². The molecule has 0 aliphatic heterocycles. The van der Waals surface area contributed by atoms with Crippen LogP contribution in [0.4, 0.5) is 17.6 Å². The molecule has 4 nitrogen and oxygen atoms in total. The average Bonchev–Trinajstić information content (AvgIpc) is 2.96. The molecule has 0 atom stereocenters. The molecule has 0 fully saturated rings. The molecule has 0 N–H and O–H groups in total. The first kappa shape index (κ1) is 17.1. The highest BCUT2D eigenvalue weighted by Gasteiger charge is 2.35. The quantitative estimate of drug-likeness (QED) is 0.661. The van der Waals surface area contributed by atoms with E-state index in [0.29, 0.717) is 23.5 Å². The van der Waals surface area contributed by atoms with Crippen molar-refractivity contribution in [1.82, 2.24) is 14.8 Å². The maximum Gasteiger partial charge on any atom is 0.419 e. The van der Waals surface area contributed by atoms with Crippen molar-refractivity contribution in [1.29, 1.82) is 0 Å². The van der Waals surface area contributed by atoms with Crippen LogP contribution >= 0.6 is 0 Å². The Bertz CT molecular complexity index is 947. The topological polar surface area (TPSA) is 47.8 Å². The molecule has 8 heteroatoms. The van der Waals surface area contributed by atoms with Crippen LogP contribution in [0.3, 0.4) is 0 Å². The maximum atomic E-state index is 14.3. The number of halogens is 4. The summed E-state index contributed by atoms with van der Waals surface area (Å²) < 4.78 is 54.4. The molecule has 0 saturated heterocycles. The van der Waals surface area contributed by atoms with Gasteiger partial charge in [-0.25, -0.2) is 4.39 Å². The normalized spacial score (nSPS) is 11.9. The van der Waals surface area contributed by atoms with Gasteiger partial charge in [-0.3, -0.25) is 14.5 Å². The highest BCUT2D eigenvalue weighted by atomic mass is 19.4. The summed E-state index contributed by atoms with van der Waals surface area (Å²) in [6, 6.07) is 4.57. The average molecular weight is 351 g/mol. The van der Waals surface area contributed by atoms with Crippen LogP contribution < -0.4 is 0 Å². The molecule has 0 saturated carbocycles. The Balaban J connectivity index is 2.11. The molecule has 1 aromatic carbocycles. The standard InChI is InChI=1S/C17H13F4N3O/c1-2-11(25)9-24-15-6-10(7-22-14(15)8-23-24)12-4-3-5-13(16(12)18)17(19,20)21/h3-8H,2,9H2,1H3. The van der Waals surface area contributed by atoms with E-state index in [0.717, 1.165) is 6.07 Å². The van der Waals surface area contributed by atoms with Crippen LogP contribution in [0.5, 0.6) is 0 Å². The minimum absolute atomic E-state index is 0.0240. The lowest BCUT2D eigenvalue weighted by Crippen LogP contribution is -2.10. The van der Waals surface area contributed by atoms with Crippen LogP contribution in [-0.4, -0.2) is 20.5 Å². The van der Waals surface area contributed by atoms with Crippen LogP contribution in [-0.2, 0) is 17.5 Å². The summed E-state index contributed by atoms with van der Waals surface area (Å²) in [6.07, 6.45) is -1.72. The van der Waals surface area contributed by atoms with E-state index in [4.69, 9.17) is 0 Å². The molecule has 0 aliphatic rings. The summed E-state index contributed by atoms with van der Waals surface area (Å²) in [7, 11) is 0. The Morgan fingerprint density at radius 3 is 2.68 bits per heavy atom. The Labute approximate surface area is 140 Å². The number of alkyl halides is 3. The first-order valence-corrected chi connectivity index (χ1v) is 7.50. The third-order valence-electron chi connectivity index (χ3n) is 3.83. The minimum Gasteiger partial charge on any atom is -0.298 e. The molecule has 0 spiro atoms. The third-order valence-corrected chi connectivity index (χ3v) is 3.83. The second-order valence-corrected chi connectivity index (χ2v) is 5.49. The highest BCUT2D eigenvalue weighted by molar-refractivity contribution is 5.83. The molecule has 3 rings (SSSR count). The summed E-state index contributed by atoms with van der Waals surface area (Å²) in [4.78, 5) is 15.7. The van der Waals surface area contributed by atoms with Gasteiger partial charge in [-0.05, 0) is 12.1 Å². The predicted molar refractivity (Wildman–Crippen MR) is 83.2 cm³/mol. The molecule has 0 amide bonds. The van der Waals surface area contributed by atoms with Gasteiger partial charge >= 0.3 is 6.18 Å². The number of benzene rings is 1. The number of carbonyl (C=O) groups is 1. The molecule has 130 valence electrons. The Kier molecular flexibility index (Phi) is 4.28. The van der Waals surface area contributed by atoms with Gasteiger partial charge in [0.2, 0.25) is 0 Å². The van der Waals surface area contributed by atoms with Gasteiger partial charge in [0.15, 0.2) is 5.78 Å². The van der Waals surface area contributed by atoms with Crippen molar-refractivity contribution in [3.05, 3.63) is 48.0 Å². The number of rotatable bonds is 4. The lowest BCUT2D eigenvalue weighted by Gasteiger charge is -2.11. The molecule has 2 aromatic heterocycles. The zero-order chi connectivity index (χ0) is 18.2. The van der Waals surface area contributed by atoms with Crippen molar-refractivity contribution in [2.45, 2.75) is 26.1 Å². The first-order valence-electron chi connectivity index (χ1n) is 7.50. The van der Waals surface area contributed by atoms with Gasteiger partial charge < -0.3 is 0 Å². The first-order chi connectivity index (χ1) is 11.8. The molecule has 2 heterocycles. The van der Waals surface area contributed by atoms with Crippen molar-refractivity contribution >= 4 is 16.8 Å². The van der Waals surface area contributed by atoms with Crippen molar-refractivity contribution in [3.8, 4) is 11.1 Å². The molecule has 3 aromatic rings. The summed E-state index contributed by atoms with van der Waals surface area (Å²) in [5.41, 5.74) is -0.434. The second kappa shape index (κ2) is 6.27. The lowest BCUT2D eigenvalue weighted by atomic mass is 10.0. The largest absolute Gasteiger partial charge is 0.419 e. The Morgan fingerprint density at radius 1 is 1.24 bits per heavy atom. The number of nitrogens with zero attached hydrogens (tertiary/aromatic N) is 3. The van der Waals surface area contributed by atoms with Crippen LogP contribution in [0.15, 0.2) is 36.7 Å². The van der Waals surface area contributed by atoms with Gasteiger partial charge in [0.1, 0.15) is 17.9 Å². The van der Waals surface area contributed by atoms with Gasteiger partial charge in [-0.1, -0.05) is 19.1 Å². The number of aromatic nitrogens is 3. The van der Waals surface area contributed by atoms with Gasteiger partial charge in [0, 0.05) is 23.7 Å². The molecular weight excluding hydrogens is 338 g/mol. The zero-order valence-corrected chi connectivity index (χ0v) is 13.1. The van der Waals surface area contributed by atoms with E-state index in [1.165, 1.54) is 29.2 Å². The number of pyridine rings is 1. The smallest absolute Gasteiger partial charge is 0.298 e. The number of Topliss-reactive ketones (excluding diaryl/α,β-unsaturated/α-hetero) is 1. The van der Waals surface area contributed by atoms with Crippen LogP contribution in [0.2, 0.25) is 0 Å². The van der Waals surface area contributed by atoms with Crippen LogP contribution in [0.1, 0.15) is 18.9 Å². The van der Waals surface area contributed by atoms with Crippen LogP contribution in [0, 0.1) is 5.82 Å². The van der Waals surface area contributed by atoms with E-state index >= 15 is 0 Å². The fourth-order valence-electron chi connectivity index (χ4n) is 2.48. The summed E-state index contributed by atoms with van der Waals surface area (Å²) in [6.45, 7) is 1.74. The van der Waals surface area contributed by atoms with Gasteiger partial charge in [0.05, 0.1) is 17.3 Å². The lowest BCUT2D eigenvalue weighted by molar-refractivity contribution is -0.139. The van der Waals surface area contributed by atoms with E-state index in [2.05, 4.69) is 10.1 Å². The van der Waals surface area contributed by atoms with Gasteiger partial charge in [0.25, 0.3) is 0 Å². The van der Waals surface area contributed by atoms with E-state index in [1.54, 1.807) is 6.92 Å². The summed E-state index contributed by atoms with van der Waals surface area (Å²) in [5, 5.41) is 4.06. The number of hydrogen-bond acceptors (Lipinski definition) is 3. The SMILES string of the molecule is CCC(=O)Cn1ncc2ncc(-c3cccc(C(F)(F)F)c3F)cc21. The molecule has 0 bridgehead atoms. The zero-order valence-electron chi connectivity index (χ0n) is 13.1. The van der Waals surface area contributed by atoms with Gasteiger partial charge in [-0.2, -0.15) is 18.3 Å². The fourth-order valence-corrected chi connectivity index (χ4v) is 2.48. The van der Waals surface area contributed by atoms with E-state index < -0.39 is 17.6 Å². The Morgan fingerprint density at radius 2 is 2.00 bits per heavy atom. The van der Waals surface area contributed by atoms with E-state index in [1.807, 2.05) is 0 Å². The van der Waals surface area contributed by atoms with E-state index in [-0.39, 0.29) is 23.5 Å². The summed E-state index contributed by atoms with van der Waals surface area (Å²) >= 11 is 0. The maximum absolute atomic E-state index is 14.3. The van der Waals surface area contributed by atoms with E-state index in [9.17, 15) is 22.4 Å². The molecule has 0 aliphatic carbocycles. The monoisotopic (exact) mass is 351 g/mol. The second-order valence-electron chi connectivity index (χ2n) is 5.49. The van der Waals surface area contributed by atoms with Crippen molar-refractivity contribution < 1.29 is 22.4 Å². The number of ketones is 1. The summed E-state index contributed by atoms with van der Waals surface area (Å²) in [5.74, 6) is -1.41. The molecular formula is C17H13F4N3O. The van der Waals surface area contributed by atoms with Crippen molar-refractivity contribution in [2.24, 2.45) is 0 Å². The van der Waals surface area contributed by atoms with Crippen LogP contribution in [0.25, 0.3) is 22.2 Å². The molecule has 0 unspecified atom stereocenters. The fraction of sp³-hybridized carbons (Fsp3) is 0.235. The highest BCUT2D eigenvalue weighted by Crippen LogP contribution is 2.35. The van der Waals surface area contributed by atoms with Crippen molar-refractivity contribution in [3.63, 3.8) is 0 Å². The Hall–Kier alpha value is -2.77. The number of carbonyl (C=O) groups excluding carboxylic acids is 1.